The summed E-state index contributed by atoms with van der Waals surface area (Å²) >= 11 is 3.77. The molecule has 9 atom stereocenters. The van der Waals surface area contributed by atoms with Crippen molar-refractivity contribution in [1.82, 2.24) is 9.80 Å². The number of amides is 3. The summed E-state index contributed by atoms with van der Waals surface area (Å²) in [5.74, 6) is -3.89. The highest BCUT2D eigenvalue weighted by Gasteiger charge is 2.78. The molecule has 3 fully saturated rings. The van der Waals surface area contributed by atoms with E-state index in [0.717, 1.165) is 18.8 Å². The first-order chi connectivity index (χ1) is 26.3. The molecule has 2 aromatic rings. The average Bonchev–Trinajstić information content (AvgIpc) is 3.78. The Balaban J connectivity index is 1.55. The number of aliphatic hydroxyl groups excluding tert-OH is 1. The number of allylic oxidation sites excluding steroid dienone is 1. The number of carbonyl (C=O) groups excluding carboxylic acids is 4. The Morgan fingerprint density at radius 2 is 1.67 bits per heavy atom. The van der Waals surface area contributed by atoms with E-state index in [1.165, 1.54) is 4.90 Å². The smallest absolute Gasteiger partial charge is 0.313 e. The summed E-state index contributed by atoms with van der Waals surface area (Å²) in [6.45, 7) is 18.9. The van der Waals surface area contributed by atoms with Crippen LogP contribution in [0.5, 0.6) is 0 Å². The summed E-state index contributed by atoms with van der Waals surface area (Å²) in [5.41, 5.74) is 0.960. The number of likely N-dealkylation sites (N-methyl/N-ethyl adjacent to an activating group) is 1. The number of fused-ring (bicyclic) bond motifs is 1. The topological polar surface area (TPSA) is 120 Å². The van der Waals surface area contributed by atoms with Crippen molar-refractivity contribution in [3.8, 4) is 0 Å². The van der Waals surface area contributed by atoms with Crippen LogP contribution in [0.3, 0.4) is 0 Å². The molecule has 3 aliphatic rings. The molecule has 55 heavy (non-hydrogen) atoms. The molecule has 3 aliphatic heterocycles. The number of alkyl halides is 1. The van der Waals surface area contributed by atoms with E-state index >= 15 is 4.79 Å². The molecule has 12 heteroatoms. The van der Waals surface area contributed by atoms with Crippen molar-refractivity contribution in [3.63, 3.8) is 0 Å². The fourth-order valence-electron chi connectivity index (χ4n) is 8.75. The number of aliphatic hydroxyl groups is 1. The van der Waals surface area contributed by atoms with Gasteiger partial charge >= 0.3 is 5.97 Å². The van der Waals surface area contributed by atoms with E-state index in [-0.39, 0.29) is 42.1 Å². The minimum absolute atomic E-state index is 0.120. The third-order valence-electron chi connectivity index (χ3n) is 11.8. The van der Waals surface area contributed by atoms with Crippen LogP contribution < -0.4 is 9.80 Å². The largest absolute Gasteiger partial charge is 0.455 e. The molecular formula is C43H57BrN4O7. The Bertz CT molecular complexity index is 1700. The molecule has 0 radical (unpaired) electrons. The predicted octanol–water partition coefficient (Wildman–Crippen LogP) is 5.91. The Kier molecular flexibility index (Phi) is 13.7. The molecule has 11 nitrogen and oxygen atoms in total. The van der Waals surface area contributed by atoms with Crippen LogP contribution in [0.4, 0.5) is 11.4 Å². The fourth-order valence-corrected chi connectivity index (χ4v) is 9.69. The van der Waals surface area contributed by atoms with Gasteiger partial charge < -0.3 is 34.2 Å². The number of rotatable bonds is 18. The number of esters is 1. The van der Waals surface area contributed by atoms with Gasteiger partial charge in [-0.25, -0.2) is 0 Å². The monoisotopic (exact) mass is 820 g/mol. The summed E-state index contributed by atoms with van der Waals surface area (Å²) < 4.78 is 13.2. The SMILES string of the molecule is C=CCCC(=O)N(C)[C@@H](C)[C@@H](OC(=O)[C@H]1[C@@H]2O[C@@]3(CC2Br)[C@@H]1C(=O)N([C@@H](CO)C(C)C)[C@@H]3C(=O)N(CC=C)c1ccc(N(CC)CC)cc1)c1ccccc1. The average molecular weight is 822 g/mol. The molecule has 0 saturated carbocycles. The van der Waals surface area contributed by atoms with Crippen molar-refractivity contribution in [3.05, 3.63) is 85.5 Å². The molecule has 298 valence electrons. The van der Waals surface area contributed by atoms with Crippen LogP contribution in [0, 0.1) is 17.8 Å². The van der Waals surface area contributed by atoms with E-state index in [2.05, 4.69) is 47.8 Å². The van der Waals surface area contributed by atoms with E-state index in [1.54, 1.807) is 29.0 Å². The van der Waals surface area contributed by atoms with Crippen LogP contribution in [0.25, 0.3) is 0 Å². The third-order valence-corrected chi connectivity index (χ3v) is 12.6. The second kappa shape index (κ2) is 17.9. The summed E-state index contributed by atoms with van der Waals surface area (Å²) in [6.07, 6.45) is 2.78. The van der Waals surface area contributed by atoms with Crippen LogP contribution in [0.1, 0.15) is 65.5 Å². The molecule has 2 bridgehead atoms. The maximum absolute atomic E-state index is 15.2. The number of anilines is 2. The minimum Gasteiger partial charge on any atom is -0.455 e. The highest BCUT2D eigenvalue weighted by Crippen LogP contribution is 2.61. The lowest BCUT2D eigenvalue weighted by molar-refractivity contribution is -0.165. The zero-order valence-corrected chi connectivity index (χ0v) is 34.6. The van der Waals surface area contributed by atoms with Crippen molar-refractivity contribution in [1.29, 1.82) is 0 Å². The number of hydrogen-bond donors (Lipinski definition) is 1. The van der Waals surface area contributed by atoms with Crippen LogP contribution in [0.2, 0.25) is 0 Å². The lowest BCUT2D eigenvalue weighted by atomic mass is 9.70. The van der Waals surface area contributed by atoms with Gasteiger partial charge in [-0.2, -0.15) is 0 Å². The molecular weight excluding hydrogens is 764 g/mol. The first kappa shape index (κ1) is 42.1. The standard InChI is InChI=1S/C43H57BrN4O7/c1-9-13-19-34(50)45(8)28(7)37(29-17-15-14-16-18-29)54-42(53)35-36-40(51)48(33(26-49)27(5)6)39(43(36)25-32(44)38(35)55-43)41(52)47(24-10-2)31-22-20-30(21-23-31)46(11-3)12-4/h9-10,14-18,20-23,27-28,32-33,35-39,49H,1-2,11-13,19,24-26H2,3-8H3/t28-,32?,33-,35+,36-,37+,38+,39+,43-/m0/s1. The second-order valence-electron chi connectivity index (χ2n) is 15.2. The van der Waals surface area contributed by atoms with Crippen molar-refractivity contribution in [2.24, 2.45) is 17.8 Å². The summed E-state index contributed by atoms with van der Waals surface area (Å²) in [5, 5.41) is 10.8. The van der Waals surface area contributed by atoms with Crippen LogP contribution in [-0.2, 0) is 28.7 Å². The van der Waals surface area contributed by atoms with Gasteiger partial charge in [0, 0.05) is 49.3 Å². The first-order valence-electron chi connectivity index (χ1n) is 19.5. The molecule has 3 saturated heterocycles. The van der Waals surface area contributed by atoms with Crippen LogP contribution in [-0.4, -0.2) is 107 Å². The Labute approximate surface area is 334 Å². The molecule has 1 spiro atoms. The molecule has 1 unspecified atom stereocenters. The Morgan fingerprint density at radius 1 is 1.04 bits per heavy atom. The van der Waals surface area contributed by atoms with E-state index in [4.69, 9.17) is 9.47 Å². The van der Waals surface area contributed by atoms with Crippen molar-refractivity contribution >= 4 is 51.0 Å². The first-order valence-corrected chi connectivity index (χ1v) is 20.4. The van der Waals surface area contributed by atoms with Gasteiger partial charge in [0.15, 0.2) is 0 Å². The summed E-state index contributed by atoms with van der Waals surface area (Å²) in [6, 6.07) is 14.5. The number of ether oxygens (including phenoxy) is 2. The molecule has 1 N–H and O–H groups in total. The maximum Gasteiger partial charge on any atom is 0.313 e. The van der Waals surface area contributed by atoms with Gasteiger partial charge in [0.1, 0.15) is 17.7 Å². The zero-order valence-electron chi connectivity index (χ0n) is 33.0. The van der Waals surface area contributed by atoms with E-state index < -0.39 is 59.6 Å². The highest BCUT2D eigenvalue weighted by atomic mass is 79.9. The number of halogens is 1. The quantitative estimate of drug-likeness (QED) is 0.112. The normalized spacial score (nSPS) is 25.6. The fraction of sp³-hybridized carbons (Fsp3) is 0.535. The second-order valence-corrected chi connectivity index (χ2v) is 16.3. The van der Waals surface area contributed by atoms with Gasteiger partial charge in [-0.3, -0.25) is 19.2 Å². The number of hydrogen-bond acceptors (Lipinski definition) is 8. The number of benzene rings is 2. The molecule has 3 amide bonds. The predicted molar refractivity (Wildman–Crippen MR) is 218 cm³/mol. The van der Waals surface area contributed by atoms with Gasteiger partial charge in [-0.15, -0.1) is 13.2 Å². The molecule has 5 rings (SSSR count). The zero-order chi connectivity index (χ0) is 40.2. The van der Waals surface area contributed by atoms with Crippen molar-refractivity contribution in [2.45, 2.75) is 94.6 Å². The maximum atomic E-state index is 15.2. The van der Waals surface area contributed by atoms with Crippen LogP contribution in [0.15, 0.2) is 79.9 Å². The lowest BCUT2D eigenvalue weighted by Gasteiger charge is -2.40. The molecule has 0 aromatic heterocycles. The molecule has 2 aromatic carbocycles. The van der Waals surface area contributed by atoms with E-state index in [9.17, 15) is 19.5 Å². The number of nitrogens with zero attached hydrogens (tertiary/aromatic N) is 4. The van der Waals surface area contributed by atoms with Gasteiger partial charge in [0.25, 0.3) is 5.91 Å². The highest BCUT2D eigenvalue weighted by molar-refractivity contribution is 9.09. The van der Waals surface area contributed by atoms with Crippen molar-refractivity contribution in [2.75, 3.05) is 43.1 Å². The third kappa shape index (κ3) is 7.87. The van der Waals surface area contributed by atoms with Gasteiger partial charge in [-0.1, -0.05) is 72.3 Å². The lowest BCUT2D eigenvalue weighted by Crippen LogP contribution is -2.60. The number of likely N-dealkylation sites (tertiary alicyclic amines) is 1. The number of carbonyl (C=O) groups is 4. The van der Waals surface area contributed by atoms with E-state index in [1.807, 2.05) is 75.4 Å². The van der Waals surface area contributed by atoms with Crippen LogP contribution >= 0.6 is 15.9 Å². The van der Waals surface area contributed by atoms with Crippen molar-refractivity contribution < 1.29 is 33.8 Å². The van der Waals surface area contributed by atoms with Gasteiger partial charge in [0.05, 0.1) is 36.6 Å². The van der Waals surface area contributed by atoms with E-state index in [0.29, 0.717) is 24.1 Å². The Hall–Kier alpha value is -4.00. The minimum atomic E-state index is -1.38. The molecule has 3 heterocycles. The van der Waals surface area contributed by atoms with Gasteiger partial charge in [-0.05, 0) is 69.4 Å². The van der Waals surface area contributed by atoms with Gasteiger partial charge in [0.2, 0.25) is 11.8 Å². The summed E-state index contributed by atoms with van der Waals surface area (Å²) in [7, 11) is 1.69. The Morgan fingerprint density at radius 3 is 2.24 bits per heavy atom. The summed E-state index contributed by atoms with van der Waals surface area (Å²) in [4.78, 5) is 64.5. The molecule has 0 aliphatic carbocycles.